The molecule has 0 radical (unpaired) electrons. The van der Waals surface area contributed by atoms with Gasteiger partial charge in [-0.2, -0.15) is 0 Å². The van der Waals surface area contributed by atoms with Gasteiger partial charge in [-0.25, -0.2) is 0 Å². The van der Waals surface area contributed by atoms with E-state index in [-0.39, 0.29) is 6.61 Å². The second-order valence-corrected chi connectivity index (χ2v) is 4.86. The number of benzene rings is 1. The second kappa shape index (κ2) is 6.06. The number of aliphatic hydroxyl groups excluding tert-OH is 1. The lowest BCUT2D eigenvalue weighted by Gasteiger charge is -2.36. The Morgan fingerprint density at radius 1 is 1.18 bits per heavy atom. The third kappa shape index (κ3) is 2.81. The number of rotatable bonds is 4. The normalized spacial score (nSPS) is 17.1. The zero-order chi connectivity index (χ0) is 12.1. The van der Waals surface area contributed by atoms with Gasteiger partial charge in [-0.05, 0) is 25.8 Å². The van der Waals surface area contributed by atoms with E-state index in [0.29, 0.717) is 6.04 Å². The molecular weight excluding hydrogens is 210 g/mol. The summed E-state index contributed by atoms with van der Waals surface area (Å²) in [5.74, 6) is 0. The van der Waals surface area contributed by atoms with Crippen LogP contribution in [0.4, 0.5) is 5.69 Å². The summed E-state index contributed by atoms with van der Waals surface area (Å²) in [6.45, 7) is 3.38. The molecule has 0 atom stereocenters. The van der Waals surface area contributed by atoms with E-state index >= 15 is 0 Å². The maximum atomic E-state index is 9.43. The highest BCUT2D eigenvalue weighted by Gasteiger charge is 2.21. The molecule has 94 valence electrons. The molecule has 1 aliphatic carbocycles. The van der Waals surface area contributed by atoms with Crippen molar-refractivity contribution in [3.8, 4) is 0 Å². The first-order valence-electron chi connectivity index (χ1n) is 6.82. The summed E-state index contributed by atoms with van der Waals surface area (Å²) < 4.78 is 0. The fraction of sp³-hybridized carbons (Fsp3) is 0.600. The van der Waals surface area contributed by atoms with Gasteiger partial charge in [-0.3, -0.25) is 0 Å². The quantitative estimate of drug-likeness (QED) is 0.862. The summed E-state index contributed by atoms with van der Waals surface area (Å²) in [5.41, 5.74) is 2.28. The molecule has 1 aromatic carbocycles. The predicted octanol–water partition coefficient (Wildman–Crippen LogP) is 3.34. The van der Waals surface area contributed by atoms with Crippen molar-refractivity contribution in [2.45, 2.75) is 51.7 Å². The van der Waals surface area contributed by atoms with Crippen LogP contribution >= 0.6 is 0 Å². The number of para-hydroxylation sites is 1. The minimum atomic E-state index is 0.138. The summed E-state index contributed by atoms with van der Waals surface area (Å²) in [6.07, 6.45) is 6.68. The van der Waals surface area contributed by atoms with Gasteiger partial charge in [-0.15, -0.1) is 0 Å². The van der Waals surface area contributed by atoms with Gasteiger partial charge in [0, 0.05) is 23.8 Å². The molecule has 1 saturated carbocycles. The van der Waals surface area contributed by atoms with Crippen LogP contribution in [0.25, 0.3) is 0 Å². The van der Waals surface area contributed by atoms with Crippen LogP contribution in [-0.4, -0.2) is 17.7 Å². The third-order valence-corrected chi connectivity index (χ3v) is 3.83. The van der Waals surface area contributed by atoms with E-state index in [1.807, 2.05) is 12.1 Å². The maximum absolute atomic E-state index is 9.43. The maximum Gasteiger partial charge on any atom is 0.0702 e. The van der Waals surface area contributed by atoms with Crippen molar-refractivity contribution < 1.29 is 5.11 Å². The smallest absolute Gasteiger partial charge is 0.0702 e. The SMILES string of the molecule is CCN(c1ccccc1CO)C1CCCCC1. The summed E-state index contributed by atoms with van der Waals surface area (Å²) >= 11 is 0. The van der Waals surface area contributed by atoms with Gasteiger partial charge in [0.05, 0.1) is 6.61 Å². The fourth-order valence-electron chi connectivity index (χ4n) is 2.94. The highest BCUT2D eigenvalue weighted by atomic mass is 16.3. The molecule has 0 saturated heterocycles. The van der Waals surface area contributed by atoms with Crippen molar-refractivity contribution in [2.24, 2.45) is 0 Å². The van der Waals surface area contributed by atoms with Crippen molar-refractivity contribution >= 4 is 5.69 Å². The number of hydrogen-bond donors (Lipinski definition) is 1. The van der Waals surface area contributed by atoms with E-state index in [1.165, 1.54) is 37.8 Å². The average Bonchev–Trinajstić information content (AvgIpc) is 2.41. The van der Waals surface area contributed by atoms with E-state index < -0.39 is 0 Å². The lowest BCUT2D eigenvalue weighted by atomic mass is 9.93. The summed E-state index contributed by atoms with van der Waals surface area (Å²) in [4.78, 5) is 2.48. The molecule has 0 amide bonds. The third-order valence-electron chi connectivity index (χ3n) is 3.83. The summed E-state index contributed by atoms with van der Waals surface area (Å²) in [6, 6.07) is 8.91. The Labute approximate surface area is 104 Å². The van der Waals surface area contributed by atoms with Crippen molar-refractivity contribution in [3.63, 3.8) is 0 Å². The van der Waals surface area contributed by atoms with Crippen LogP contribution in [0.5, 0.6) is 0 Å². The van der Waals surface area contributed by atoms with Gasteiger partial charge in [0.15, 0.2) is 0 Å². The molecule has 1 N–H and O–H groups in total. The molecule has 1 fully saturated rings. The lowest BCUT2D eigenvalue weighted by Crippen LogP contribution is -2.37. The number of aliphatic hydroxyl groups is 1. The van der Waals surface area contributed by atoms with E-state index in [0.717, 1.165) is 12.1 Å². The largest absolute Gasteiger partial charge is 0.392 e. The Kier molecular flexibility index (Phi) is 4.43. The molecule has 2 nitrogen and oxygen atoms in total. The molecule has 0 aromatic heterocycles. The zero-order valence-corrected chi connectivity index (χ0v) is 10.7. The highest BCUT2D eigenvalue weighted by molar-refractivity contribution is 5.54. The van der Waals surface area contributed by atoms with Crippen LogP contribution in [-0.2, 0) is 6.61 Å². The fourth-order valence-corrected chi connectivity index (χ4v) is 2.94. The molecule has 1 aliphatic rings. The minimum absolute atomic E-state index is 0.138. The van der Waals surface area contributed by atoms with Crippen LogP contribution in [0.3, 0.4) is 0 Å². The first-order chi connectivity index (χ1) is 8.36. The molecule has 2 heteroatoms. The second-order valence-electron chi connectivity index (χ2n) is 4.86. The van der Waals surface area contributed by atoms with Crippen molar-refractivity contribution in [3.05, 3.63) is 29.8 Å². The van der Waals surface area contributed by atoms with Crippen molar-refractivity contribution in [2.75, 3.05) is 11.4 Å². The van der Waals surface area contributed by atoms with Gasteiger partial charge < -0.3 is 10.0 Å². The molecule has 0 bridgehead atoms. The molecule has 0 spiro atoms. The topological polar surface area (TPSA) is 23.5 Å². The first-order valence-corrected chi connectivity index (χ1v) is 6.82. The van der Waals surface area contributed by atoms with Gasteiger partial charge >= 0.3 is 0 Å². The van der Waals surface area contributed by atoms with Crippen LogP contribution in [0.1, 0.15) is 44.6 Å². The standard InChI is InChI=1S/C15H23NO/c1-2-16(14-9-4-3-5-10-14)15-11-7-6-8-13(15)12-17/h6-8,11,14,17H,2-5,9-10,12H2,1H3. The molecule has 17 heavy (non-hydrogen) atoms. The van der Waals surface area contributed by atoms with E-state index in [9.17, 15) is 5.11 Å². The first kappa shape index (κ1) is 12.4. The average molecular weight is 233 g/mol. The molecule has 2 rings (SSSR count). The Balaban J connectivity index is 2.21. The van der Waals surface area contributed by atoms with Gasteiger partial charge in [0.25, 0.3) is 0 Å². The van der Waals surface area contributed by atoms with Crippen LogP contribution in [0.15, 0.2) is 24.3 Å². The number of anilines is 1. The van der Waals surface area contributed by atoms with E-state index in [4.69, 9.17) is 0 Å². The Morgan fingerprint density at radius 3 is 2.53 bits per heavy atom. The summed E-state index contributed by atoms with van der Waals surface area (Å²) in [5, 5.41) is 9.43. The highest BCUT2D eigenvalue weighted by Crippen LogP contribution is 2.29. The van der Waals surface area contributed by atoms with E-state index in [1.54, 1.807) is 0 Å². The molecule has 0 heterocycles. The Hall–Kier alpha value is -1.02. The molecule has 1 aromatic rings. The summed E-state index contributed by atoms with van der Waals surface area (Å²) in [7, 11) is 0. The number of hydrogen-bond acceptors (Lipinski definition) is 2. The zero-order valence-electron chi connectivity index (χ0n) is 10.7. The molecule has 0 unspecified atom stereocenters. The van der Waals surface area contributed by atoms with Crippen LogP contribution in [0.2, 0.25) is 0 Å². The Morgan fingerprint density at radius 2 is 1.88 bits per heavy atom. The van der Waals surface area contributed by atoms with Gasteiger partial charge in [0.1, 0.15) is 0 Å². The van der Waals surface area contributed by atoms with Crippen LogP contribution < -0.4 is 4.90 Å². The van der Waals surface area contributed by atoms with Gasteiger partial charge in [0.2, 0.25) is 0 Å². The van der Waals surface area contributed by atoms with Crippen molar-refractivity contribution in [1.29, 1.82) is 0 Å². The van der Waals surface area contributed by atoms with Crippen molar-refractivity contribution in [1.82, 2.24) is 0 Å². The lowest BCUT2D eigenvalue weighted by molar-refractivity contribution is 0.281. The number of nitrogens with zero attached hydrogens (tertiary/aromatic N) is 1. The molecule has 0 aliphatic heterocycles. The van der Waals surface area contributed by atoms with E-state index in [2.05, 4.69) is 24.0 Å². The monoisotopic (exact) mass is 233 g/mol. The predicted molar refractivity (Wildman–Crippen MR) is 72.3 cm³/mol. The minimum Gasteiger partial charge on any atom is -0.392 e. The molecular formula is C15H23NO. The Bertz CT molecular complexity index is 345. The van der Waals surface area contributed by atoms with Gasteiger partial charge in [-0.1, -0.05) is 37.5 Å². The van der Waals surface area contributed by atoms with Crippen LogP contribution in [0, 0.1) is 0 Å².